The fraction of sp³-hybridized carbons (Fsp3) is 0.0943. The van der Waals surface area contributed by atoms with Crippen molar-refractivity contribution in [1.82, 2.24) is 9.13 Å². The zero-order valence-electron chi connectivity index (χ0n) is 32.3. The van der Waals surface area contributed by atoms with Gasteiger partial charge in [-0.25, -0.2) is 0 Å². The van der Waals surface area contributed by atoms with Crippen LogP contribution in [0.5, 0.6) is 0 Å². The Labute approximate surface area is 328 Å². The molecule has 0 bridgehead atoms. The molecule has 3 heteroatoms. The lowest BCUT2D eigenvalue weighted by molar-refractivity contribution is 0.661. The third kappa shape index (κ3) is 5.12. The molecule has 7 aromatic carbocycles. The van der Waals surface area contributed by atoms with Crippen LogP contribution in [0.1, 0.15) is 44.4 Å². The molecule has 0 fully saturated rings. The minimum atomic E-state index is -0.228. The van der Waals surface area contributed by atoms with Gasteiger partial charge in [0.25, 0.3) is 0 Å². The highest BCUT2D eigenvalue weighted by atomic mass is 15.0. The van der Waals surface area contributed by atoms with Gasteiger partial charge in [-0.2, -0.15) is 0 Å². The molecule has 0 radical (unpaired) electrons. The molecule has 0 unspecified atom stereocenters. The number of rotatable bonds is 7. The molecule has 9 aromatic rings. The molecule has 2 heterocycles. The van der Waals surface area contributed by atoms with E-state index in [2.05, 4.69) is 206 Å². The third-order valence-corrected chi connectivity index (χ3v) is 12.1. The lowest BCUT2D eigenvalue weighted by atomic mass is 9.81. The Kier molecular flexibility index (Phi) is 7.76. The Morgan fingerprint density at radius 2 is 1.09 bits per heavy atom. The SMILES string of the molecule is C=C/C=C\C(C)=C(/C)c1cc2c(cc1Nc1ccc3c(c1)c1ccccc1n3-c1ccccc1)C(C)(C)c1cc3c(cc1-2)c1ccccc1n3-c1ccccc1. The van der Waals surface area contributed by atoms with Crippen molar-refractivity contribution in [2.75, 3.05) is 5.32 Å². The first-order valence-corrected chi connectivity index (χ1v) is 19.5. The Bertz CT molecular complexity index is 3100. The normalized spacial score (nSPS) is 13.8. The van der Waals surface area contributed by atoms with E-state index in [1.165, 1.54) is 88.3 Å². The molecule has 0 aliphatic heterocycles. The van der Waals surface area contributed by atoms with E-state index in [0.717, 1.165) is 17.1 Å². The number of allylic oxidation sites excluding steroid dienone is 5. The van der Waals surface area contributed by atoms with Gasteiger partial charge in [0.05, 0.1) is 22.1 Å². The largest absolute Gasteiger partial charge is 0.355 e. The molecule has 270 valence electrons. The summed E-state index contributed by atoms with van der Waals surface area (Å²) in [6.07, 6.45) is 6.02. The Morgan fingerprint density at radius 1 is 0.554 bits per heavy atom. The monoisotopic (exact) mass is 721 g/mol. The van der Waals surface area contributed by atoms with Crippen LogP contribution in [0, 0.1) is 0 Å². The number of hydrogen-bond donors (Lipinski definition) is 1. The van der Waals surface area contributed by atoms with Crippen molar-refractivity contribution in [2.45, 2.75) is 33.1 Å². The van der Waals surface area contributed by atoms with Gasteiger partial charge < -0.3 is 14.5 Å². The number of nitrogens with one attached hydrogen (secondary N) is 1. The van der Waals surface area contributed by atoms with Crippen LogP contribution >= 0.6 is 0 Å². The smallest absolute Gasteiger partial charge is 0.0544 e. The number of aromatic nitrogens is 2. The van der Waals surface area contributed by atoms with Crippen LogP contribution in [0.3, 0.4) is 0 Å². The molecule has 0 saturated carbocycles. The van der Waals surface area contributed by atoms with Gasteiger partial charge in [0, 0.05) is 55.3 Å². The second-order valence-electron chi connectivity index (χ2n) is 15.6. The van der Waals surface area contributed by atoms with E-state index >= 15 is 0 Å². The number of anilines is 2. The second kappa shape index (κ2) is 12.9. The fourth-order valence-electron chi connectivity index (χ4n) is 9.12. The Hall–Kier alpha value is -6.84. The summed E-state index contributed by atoms with van der Waals surface area (Å²) in [5.41, 5.74) is 18.0. The predicted molar refractivity (Wildman–Crippen MR) is 240 cm³/mol. The van der Waals surface area contributed by atoms with Crippen molar-refractivity contribution in [3.63, 3.8) is 0 Å². The van der Waals surface area contributed by atoms with Gasteiger partial charge in [0.1, 0.15) is 0 Å². The van der Waals surface area contributed by atoms with Crippen molar-refractivity contribution in [1.29, 1.82) is 0 Å². The minimum Gasteiger partial charge on any atom is -0.355 e. The third-order valence-electron chi connectivity index (χ3n) is 12.1. The summed E-state index contributed by atoms with van der Waals surface area (Å²) in [5, 5.41) is 8.96. The van der Waals surface area contributed by atoms with Crippen LogP contribution in [-0.2, 0) is 5.41 Å². The predicted octanol–water partition coefficient (Wildman–Crippen LogP) is 14.5. The number of hydrogen-bond acceptors (Lipinski definition) is 1. The van der Waals surface area contributed by atoms with E-state index < -0.39 is 0 Å². The highest BCUT2D eigenvalue weighted by Crippen LogP contribution is 2.53. The molecular formula is C53H43N3. The molecule has 1 aliphatic rings. The number of para-hydroxylation sites is 4. The van der Waals surface area contributed by atoms with E-state index in [1.807, 2.05) is 12.2 Å². The first-order valence-electron chi connectivity index (χ1n) is 19.5. The second-order valence-corrected chi connectivity index (χ2v) is 15.6. The van der Waals surface area contributed by atoms with E-state index in [1.54, 1.807) is 0 Å². The molecule has 1 aliphatic carbocycles. The molecule has 3 nitrogen and oxygen atoms in total. The van der Waals surface area contributed by atoms with Crippen LogP contribution in [0.15, 0.2) is 182 Å². The summed E-state index contributed by atoms with van der Waals surface area (Å²) in [7, 11) is 0. The van der Waals surface area contributed by atoms with Gasteiger partial charge in [-0.1, -0.05) is 111 Å². The summed E-state index contributed by atoms with van der Waals surface area (Å²) in [5.74, 6) is 0. The van der Waals surface area contributed by atoms with Crippen molar-refractivity contribution < 1.29 is 0 Å². The van der Waals surface area contributed by atoms with E-state index in [0.29, 0.717) is 0 Å². The van der Waals surface area contributed by atoms with Crippen LogP contribution in [-0.4, -0.2) is 9.13 Å². The number of nitrogens with zero attached hydrogens (tertiary/aromatic N) is 2. The lowest BCUT2D eigenvalue weighted by Gasteiger charge is -2.24. The highest BCUT2D eigenvalue weighted by molar-refractivity contribution is 6.12. The molecule has 1 N–H and O–H groups in total. The van der Waals surface area contributed by atoms with Crippen molar-refractivity contribution in [3.8, 4) is 22.5 Å². The van der Waals surface area contributed by atoms with Gasteiger partial charge in [0.2, 0.25) is 0 Å². The van der Waals surface area contributed by atoms with E-state index in [9.17, 15) is 0 Å². The van der Waals surface area contributed by atoms with Crippen LogP contribution in [0.4, 0.5) is 11.4 Å². The maximum atomic E-state index is 3.96. The van der Waals surface area contributed by atoms with Gasteiger partial charge >= 0.3 is 0 Å². The summed E-state index contributed by atoms with van der Waals surface area (Å²) in [6.45, 7) is 13.1. The summed E-state index contributed by atoms with van der Waals surface area (Å²) >= 11 is 0. The molecule has 2 aromatic heterocycles. The molecule has 0 saturated heterocycles. The molecule has 0 amide bonds. The van der Waals surface area contributed by atoms with Gasteiger partial charge in [-0.05, 0) is 126 Å². The molecule has 0 atom stereocenters. The van der Waals surface area contributed by atoms with Gasteiger partial charge in [-0.3, -0.25) is 0 Å². The first-order chi connectivity index (χ1) is 27.3. The molecule has 0 spiro atoms. The van der Waals surface area contributed by atoms with Crippen LogP contribution in [0.2, 0.25) is 0 Å². The standard InChI is InChI=1S/C53H43N3/c1-6-7-18-34(2)35(3)41-30-42-43-31-45-40-24-15-17-26-50(40)56(38-21-12-9-13-22-38)52(45)33-47(43)53(4,5)46(42)32-48(41)54-36-27-28-51-44(29-36)39-23-14-16-25-49(39)55(51)37-19-10-8-11-20-37/h6-33,54H,1H2,2-5H3/b18-7-,35-34+. The first kappa shape index (κ1) is 33.7. The fourth-order valence-corrected chi connectivity index (χ4v) is 9.12. The highest BCUT2D eigenvalue weighted by Gasteiger charge is 2.37. The topological polar surface area (TPSA) is 21.9 Å². The number of benzene rings is 7. The molecular weight excluding hydrogens is 679 g/mol. The van der Waals surface area contributed by atoms with E-state index in [-0.39, 0.29) is 5.41 Å². The van der Waals surface area contributed by atoms with Gasteiger partial charge in [0.15, 0.2) is 0 Å². The summed E-state index contributed by atoms with van der Waals surface area (Å²) in [6, 6.07) is 55.5. The molecule has 10 rings (SSSR count). The maximum absolute atomic E-state index is 3.96. The Morgan fingerprint density at radius 3 is 1.73 bits per heavy atom. The van der Waals surface area contributed by atoms with Crippen LogP contribution in [0.25, 0.3) is 71.7 Å². The maximum Gasteiger partial charge on any atom is 0.0544 e. The lowest BCUT2D eigenvalue weighted by Crippen LogP contribution is -2.15. The van der Waals surface area contributed by atoms with Crippen molar-refractivity contribution >= 4 is 60.6 Å². The van der Waals surface area contributed by atoms with Crippen molar-refractivity contribution in [2.24, 2.45) is 0 Å². The number of fused-ring (bicyclic) bond motifs is 9. The summed E-state index contributed by atoms with van der Waals surface area (Å²) in [4.78, 5) is 0. The van der Waals surface area contributed by atoms with Gasteiger partial charge in [-0.15, -0.1) is 0 Å². The van der Waals surface area contributed by atoms with Crippen molar-refractivity contribution in [3.05, 3.63) is 199 Å². The quantitative estimate of drug-likeness (QED) is 0.163. The zero-order valence-corrected chi connectivity index (χ0v) is 32.3. The summed E-state index contributed by atoms with van der Waals surface area (Å²) < 4.78 is 4.79. The molecule has 56 heavy (non-hydrogen) atoms. The van der Waals surface area contributed by atoms with Crippen LogP contribution < -0.4 is 5.32 Å². The average molecular weight is 722 g/mol. The zero-order chi connectivity index (χ0) is 38.1. The minimum absolute atomic E-state index is 0.228. The average Bonchev–Trinajstić information content (AvgIpc) is 3.81. The van der Waals surface area contributed by atoms with E-state index in [4.69, 9.17) is 0 Å². The Balaban J connectivity index is 1.17.